The lowest BCUT2D eigenvalue weighted by atomic mass is 10.0. The van der Waals surface area contributed by atoms with Gasteiger partial charge in [-0.2, -0.15) is 5.10 Å². The van der Waals surface area contributed by atoms with E-state index in [9.17, 15) is 13.2 Å². The molecule has 2 rings (SSSR count). The number of nitrogens with one attached hydrogen (secondary N) is 1. The van der Waals surface area contributed by atoms with E-state index in [-0.39, 0.29) is 10.6 Å². The summed E-state index contributed by atoms with van der Waals surface area (Å²) in [6, 6.07) is 6.38. The number of sulfonamides is 1. The van der Waals surface area contributed by atoms with Crippen LogP contribution in [0.5, 0.6) is 0 Å². The molecule has 2 N–H and O–H groups in total. The molecule has 8 heteroatoms. The van der Waals surface area contributed by atoms with Crippen molar-refractivity contribution in [1.29, 1.82) is 0 Å². The fourth-order valence-electron chi connectivity index (χ4n) is 2.04. The molecule has 0 aliphatic heterocycles. The van der Waals surface area contributed by atoms with E-state index in [1.807, 2.05) is 0 Å². The van der Waals surface area contributed by atoms with Gasteiger partial charge in [-0.15, -0.1) is 0 Å². The van der Waals surface area contributed by atoms with Crippen molar-refractivity contribution in [2.24, 2.45) is 0 Å². The third-order valence-corrected chi connectivity index (χ3v) is 5.19. The number of aryl methyl sites for hydroxylation is 1. The van der Waals surface area contributed by atoms with Crippen LogP contribution in [0.25, 0.3) is 0 Å². The van der Waals surface area contributed by atoms with E-state index in [1.54, 1.807) is 19.1 Å². The van der Waals surface area contributed by atoms with Gasteiger partial charge >= 0.3 is 5.97 Å². The Morgan fingerprint density at radius 2 is 1.86 bits per heavy atom. The highest BCUT2D eigenvalue weighted by Gasteiger charge is 2.19. The number of carboxylic acid groups (broad SMARTS) is 1. The number of rotatable bonds is 5. The van der Waals surface area contributed by atoms with E-state index in [0.29, 0.717) is 17.7 Å². The molecule has 1 heterocycles. The molecule has 1 aromatic carbocycles. The van der Waals surface area contributed by atoms with Crippen LogP contribution in [0.15, 0.2) is 29.2 Å². The molecule has 0 spiro atoms. The molecule has 0 aliphatic rings. The maximum Gasteiger partial charge on any atom is 0.356 e. The molecule has 1 aromatic heterocycles. The average molecular weight is 323 g/mol. The van der Waals surface area contributed by atoms with E-state index < -0.39 is 16.0 Å². The molecule has 118 valence electrons. The number of aromatic nitrogens is 2. The molecule has 0 fully saturated rings. The number of hydrogen-bond acceptors (Lipinski definition) is 4. The maximum absolute atomic E-state index is 12.0. The molecule has 0 radical (unpaired) electrons. The molecule has 0 unspecified atom stereocenters. The van der Waals surface area contributed by atoms with Gasteiger partial charge in [-0.3, -0.25) is 5.10 Å². The Bertz CT molecular complexity index is 792. The van der Waals surface area contributed by atoms with Crippen LogP contribution in [0.1, 0.15) is 27.3 Å². The van der Waals surface area contributed by atoms with Crippen molar-refractivity contribution in [2.45, 2.75) is 18.2 Å². The Morgan fingerprint density at radius 3 is 2.36 bits per heavy atom. The highest BCUT2D eigenvalue weighted by Crippen LogP contribution is 2.19. The van der Waals surface area contributed by atoms with Gasteiger partial charge in [0.05, 0.1) is 4.90 Å². The summed E-state index contributed by atoms with van der Waals surface area (Å²) in [4.78, 5) is 11.3. The van der Waals surface area contributed by atoms with E-state index in [0.717, 1.165) is 9.87 Å². The Morgan fingerprint density at radius 1 is 1.27 bits per heavy atom. The summed E-state index contributed by atoms with van der Waals surface area (Å²) >= 11 is 0. The lowest BCUT2D eigenvalue weighted by Crippen LogP contribution is -2.22. The van der Waals surface area contributed by atoms with Crippen molar-refractivity contribution in [1.82, 2.24) is 14.5 Å². The molecule has 7 nitrogen and oxygen atoms in total. The fraction of sp³-hybridized carbons (Fsp3) is 0.286. The zero-order valence-corrected chi connectivity index (χ0v) is 13.3. The zero-order chi connectivity index (χ0) is 16.5. The number of aromatic amines is 1. The van der Waals surface area contributed by atoms with Crippen molar-refractivity contribution in [2.75, 3.05) is 14.1 Å². The molecule has 0 atom stereocenters. The highest BCUT2D eigenvalue weighted by atomic mass is 32.2. The first-order valence-electron chi connectivity index (χ1n) is 6.52. The summed E-state index contributed by atoms with van der Waals surface area (Å²) in [7, 11) is -0.526. The Balaban J connectivity index is 2.30. The monoisotopic (exact) mass is 323 g/mol. The third kappa shape index (κ3) is 3.02. The van der Waals surface area contributed by atoms with Crippen LogP contribution in [-0.4, -0.2) is 48.1 Å². The molecular formula is C14H17N3O4S. The summed E-state index contributed by atoms with van der Waals surface area (Å²) in [6.07, 6.45) is 0.367. The van der Waals surface area contributed by atoms with Gasteiger partial charge in [-0.05, 0) is 24.6 Å². The largest absolute Gasteiger partial charge is 0.476 e. The van der Waals surface area contributed by atoms with Crippen molar-refractivity contribution in [3.05, 3.63) is 46.8 Å². The van der Waals surface area contributed by atoms with Gasteiger partial charge in [0.1, 0.15) is 0 Å². The number of benzene rings is 1. The van der Waals surface area contributed by atoms with Gasteiger partial charge < -0.3 is 5.11 Å². The summed E-state index contributed by atoms with van der Waals surface area (Å²) in [5, 5.41) is 15.5. The number of H-pyrrole nitrogens is 1. The van der Waals surface area contributed by atoms with E-state index >= 15 is 0 Å². The number of carboxylic acids is 1. The average Bonchev–Trinajstić information content (AvgIpc) is 2.81. The minimum Gasteiger partial charge on any atom is -0.476 e. The van der Waals surface area contributed by atoms with E-state index in [2.05, 4.69) is 10.2 Å². The first kappa shape index (κ1) is 16.2. The van der Waals surface area contributed by atoms with Crippen LogP contribution in [0.3, 0.4) is 0 Å². The second-order valence-electron chi connectivity index (χ2n) is 5.09. The number of aromatic carboxylic acids is 1. The van der Waals surface area contributed by atoms with Gasteiger partial charge in [0, 0.05) is 31.8 Å². The summed E-state index contributed by atoms with van der Waals surface area (Å²) < 4.78 is 25.1. The molecule has 22 heavy (non-hydrogen) atoms. The minimum atomic E-state index is -3.46. The smallest absolute Gasteiger partial charge is 0.356 e. The lowest BCUT2D eigenvalue weighted by Gasteiger charge is -2.11. The van der Waals surface area contributed by atoms with Crippen LogP contribution >= 0.6 is 0 Å². The zero-order valence-electron chi connectivity index (χ0n) is 12.5. The summed E-state index contributed by atoms with van der Waals surface area (Å²) in [5.74, 6) is -1.09. The van der Waals surface area contributed by atoms with Crippen LogP contribution in [0.2, 0.25) is 0 Å². The Kier molecular flexibility index (Phi) is 4.34. The fourth-order valence-corrected chi connectivity index (χ4v) is 2.94. The lowest BCUT2D eigenvalue weighted by molar-refractivity contribution is 0.0689. The quantitative estimate of drug-likeness (QED) is 0.862. The Hall–Kier alpha value is -2.19. The van der Waals surface area contributed by atoms with Crippen molar-refractivity contribution in [3.63, 3.8) is 0 Å². The predicted molar refractivity (Wildman–Crippen MR) is 80.4 cm³/mol. The van der Waals surface area contributed by atoms with Crippen LogP contribution in [0, 0.1) is 6.92 Å². The number of hydrogen-bond donors (Lipinski definition) is 2. The minimum absolute atomic E-state index is 0.0116. The second kappa shape index (κ2) is 5.90. The molecule has 0 saturated carbocycles. The van der Waals surface area contributed by atoms with E-state index in [1.165, 1.54) is 26.2 Å². The van der Waals surface area contributed by atoms with Gasteiger partial charge in [0.25, 0.3) is 0 Å². The highest BCUT2D eigenvalue weighted by molar-refractivity contribution is 7.89. The van der Waals surface area contributed by atoms with Crippen LogP contribution < -0.4 is 0 Å². The van der Waals surface area contributed by atoms with Gasteiger partial charge in [-0.25, -0.2) is 17.5 Å². The van der Waals surface area contributed by atoms with Crippen LogP contribution in [0.4, 0.5) is 0 Å². The first-order valence-corrected chi connectivity index (χ1v) is 7.96. The van der Waals surface area contributed by atoms with E-state index in [4.69, 9.17) is 5.11 Å². The predicted octanol–water partition coefficient (Wildman–Crippen LogP) is 1.26. The molecule has 0 aliphatic carbocycles. The standard InChI is InChI=1S/C14H17N3O4S/c1-9-12(13(14(18)19)16-15-9)8-10-4-6-11(7-5-10)22(20,21)17(2)3/h4-7H,8H2,1-3H3,(H,15,16)(H,18,19). The SMILES string of the molecule is Cc1[nH]nc(C(=O)O)c1Cc1ccc(S(=O)(=O)N(C)C)cc1. The molecule has 0 amide bonds. The van der Waals surface area contributed by atoms with Gasteiger partial charge in [-0.1, -0.05) is 12.1 Å². The molecule has 0 saturated heterocycles. The molecular weight excluding hydrogens is 306 g/mol. The van der Waals surface area contributed by atoms with Crippen molar-refractivity contribution in [3.8, 4) is 0 Å². The van der Waals surface area contributed by atoms with Gasteiger partial charge in [0.15, 0.2) is 5.69 Å². The maximum atomic E-state index is 12.0. The first-order chi connectivity index (χ1) is 10.2. The number of carbonyl (C=O) groups is 1. The van der Waals surface area contributed by atoms with Crippen molar-refractivity contribution < 1.29 is 18.3 Å². The van der Waals surface area contributed by atoms with Crippen molar-refractivity contribution >= 4 is 16.0 Å². The Labute approximate surface area is 128 Å². The topological polar surface area (TPSA) is 103 Å². The number of nitrogens with zero attached hydrogens (tertiary/aromatic N) is 2. The molecule has 2 aromatic rings. The molecule has 0 bridgehead atoms. The normalized spacial score (nSPS) is 11.8. The summed E-state index contributed by atoms with van der Waals surface area (Å²) in [6.45, 7) is 1.75. The third-order valence-electron chi connectivity index (χ3n) is 3.36. The summed E-state index contributed by atoms with van der Waals surface area (Å²) in [5.41, 5.74) is 2.07. The van der Waals surface area contributed by atoms with Crippen LogP contribution in [-0.2, 0) is 16.4 Å². The second-order valence-corrected chi connectivity index (χ2v) is 7.24. The van der Waals surface area contributed by atoms with Gasteiger partial charge in [0.2, 0.25) is 10.0 Å².